The summed E-state index contributed by atoms with van der Waals surface area (Å²) < 4.78 is 36.9. The lowest BCUT2D eigenvalue weighted by molar-refractivity contribution is -0.0238. The highest BCUT2D eigenvalue weighted by atomic mass is 19.1. The number of carbonyl (C=O) groups is 1. The van der Waals surface area contributed by atoms with Crippen molar-refractivity contribution in [3.05, 3.63) is 48.5 Å². The van der Waals surface area contributed by atoms with Crippen LogP contribution in [0.3, 0.4) is 0 Å². The second-order valence-electron chi connectivity index (χ2n) is 6.04. The first-order valence-electron chi connectivity index (χ1n) is 9.29. The van der Waals surface area contributed by atoms with Crippen molar-refractivity contribution in [1.29, 1.82) is 0 Å². The Morgan fingerprint density at radius 2 is 2.15 bits per heavy atom. The minimum atomic E-state index is -1.95. The van der Waals surface area contributed by atoms with Gasteiger partial charge in [-0.1, -0.05) is 25.1 Å². The van der Waals surface area contributed by atoms with Gasteiger partial charge in [-0.3, -0.25) is 9.36 Å². The maximum Gasteiger partial charge on any atom is 0.256 e. The molecule has 8 nitrogen and oxygen atoms in total. The first-order valence-corrected chi connectivity index (χ1v) is 8.29. The number of alkyl halides is 1. The lowest BCUT2D eigenvalue weighted by Gasteiger charge is -2.15. The molecule has 9 heteroatoms. The number of aromatic nitrogens is 4. The van der Waals surface area contributed by atoms with Crippen molar-refractivity contribution in [2.24, 2.45) is 0 Å². The molecule has 1 aromatic carbocycles. The summed E-state index contributed by atoms with van der Waals surface area (Å²) in [6.07, 6.45) is -5.69. The predicted molar refractivity (Wildman–Crippen MR) is 94.8 cm³/mol. The van der Waals surface area contributed by atoms with Crippen LogP contribution in [0.5, 0.6) is 0 Å². The largest absolute Gasteiger partial charge is 0.387 e. The molecule has 0 radical (unpaired) electrons. The average molecular weight is 373 g/mol. The smallest absolute Gasteiger partial charge is 0.256 e. The topological polar surface area (TPSA) is 102 Å². The normalized spacial score (nSPS) is 26.6. The van der Waals surface area contributed by atoms with Gasteiger partial charge < -0.3 is 15.2 Å². The van der Waals surface area contributed by atoms with Crippen LogP contribution in [0.2, 0.25) is 0 Å². The Balaban J connectivity index is 1.65. The van der Waals surface area contributed by atoms with Crippen LogP contribution in [0, 0.1) is 0 Å². The van der Waals surface area contributed by atoms with Gasteiger partial charge in [0.2, 0.25) is 0 Å². The third-order valence-electron chi connectivity index (χ3n) is 4.38. The number of benzene rings is 1. The Kier molecular flexibility index (Phi) is 3.94. The molecule has 4 atom stereocenters. The van der Waals surface area contributed by atoms with Crippen molar-refractivity contribution in [2.75, 3.05) is 5.32 Å². The van der Waals surface area contributed by atoms with E-state index in [1.165, 1.54) is 24.1 Å². The van der Waals surface area contributed by atoms with E-state index < -0.39 is 36.9 Å². The van der Waals surface area contributed by atoms with E-state index in [1.807, 2.05) is 0 Å². The molecule has 3 heterocycles. The van der Waals surface area contributed by atoms with E-state index in [0.717, 1.165) is 0 Å². The van der Waals surface area contributed by atoms with Crippen LogP contribution in [0.15, 0.2) is 43.0 Å². The zero-order valence-corrected chi connectivity index (χ0v) is 14.3. The molecule has 2 aromatic heterocycles. The summed E-state index contributed by atoms with van der Waals surface area (Å²) in [4.78, 5) is 24.7. The fourth-order valence-corrected chi connectivity index (χ4v) is 3.00. The van der Waals surface area contributed by atoms with Crippen molar-refractivity contribution in [3.8, 4) is 0 Å². The third kappa shape index (κ3) is 3.04. The summed E-state index contributed by atoms with van der Waals surface area (Å²) in [5.74, 6) is -0.255. The maximum atomic E-state index is 14.7. The van der Waals surface area contributed by atoms with Crippen molar-refractivity contribution < 1.29 is 21.8 Å². The first kappa shape index (κ1) is 15.2. The Labute approximate surface area is 156 Å². The van der Waals surface area contributed by atoms with Gasteiger partial charge in [-0.25, -0.2) is 19.3 Å². The van der Waals surface area contributed by atoms with Crippen LogP contribution < -0.4 is 5.32 Å². The van der Waals surface area contributed by atoms with E-state index in [2.05, 4.69) is 20.3 Å². The number of rotatable bonds is 4. The monoisotopic (exact) mass is 373 g/mol. The van der Waals surface area contributed by atoms with Gasteiger partial charge in [0.05, 0.1) is 12.4 Å². The highest BCUT2D eigenvalue weighted by Crippen LogP contribution is 2.35. The summed E-state index contributed by atoms with van der Waals surface area (Å²) >= 11 is 0. The van der Waals surface area contributed by atoms with E-state index in [-0.39, 0.29) is 17.0 Å². The Hall–Kier alpha value is -2.91. The number of hydrogen-bond acceptors (Lipinski definition) is 6. The molecule has 140 valence electrons. The number of imidazole rings is 1. The number of nitrogens with zero attached hydrogens (tertiary/aromatic N) is 4. The number of amides is 1. The van der Waals surface area contributed by atoms with E-state index in [9.17, 15) is 14.3 Å². The second kappa shape index (κ2) is 7.01. The molecule has 1 amide bonds. The molecule has 1 aliphatic heterocycles. The Morgan fingerprint density at radius 1 is 1.37 bits per heavy atom. The zero-order chi connectivity index (χ0) is 20.8. The number of carbonyl (C=O) groups excluding carboxylic acids is 1. The first-order chi connectivity index (χ1) is 13.8. The summed E-state index contributed by atoms with van der Waals surface area (Å²) in [5, 5.41) is 12.7. The minimum Gasteiger partial charge on any atom is -0.387 e. The molecule has 0 bridgehead atoms. The Bertz CT molecular complexity index is 1040. The number of aliphatic hydroxyl groups is 1. The molecule has 0 saturated carbocycles. The minimum absolute atomic E-state index is 0.138. The van der Waals surface area contributed by atoms with Gasteiger partial charge >= 0.3 is 0 Å². The third-order valence-corrected chi connectivity index (χ3v) is 4.38. The number of fused-ring (bicyclic) bond motifs is 1. The van der Waals surface area contributed by atoms with Gasteiger partial charge in [0.25, 0.3) is 5.91 Å². The highest BCUT2D eigenvalue weighted by Gasteiger charge is 2.44. The van der Waals surface area contributed by atoms with Gasteiger partial charge in [0.15, 0.2) is 29.4 Å². The molecule has 2 N–H and O–H groups in total. The number of anilines is 1. The van der Waals surface area contributed by atoms with Gasteiger partial charge in [0, 0.05) is 8.30 Å². The maximum absolute atomic E-state index is 14.7. The molecule has 27 heavy (non-hydrogen) atoms. The standard InChI is InChI=1S/C18H18FN5O3/c1-2-11-14(25)12(19)18(27-11)24-9-22-13-15(20-8-21-16(13)24)23-17(26)10-6-4-3-5-7-10/h3-9,11-12,14,18,25H,2H2,1H3,(H,20,21,23,26)/t11-,12-,14-,18-/m1/s1/i2D2. The van der Waals surface area contributed by atoms with Crippen molar-refractivity contribution in [2.45, 2.75) is 37.9 Å². The molecule has 0 unspecified atom stereocenters. The number of hydrogen-bond donors (Lipinski definition) is 2. The van der Waals surface area contributed by atoms with Crippen LogP contribution in [0.4, 0.5) is 10.2 Å². The summed E-state index contributed by atoms with van der Waals surface area (Å²) in [6, 6.07) is 8.54. The molecule has 1 fully saturated rings. The lowest BCUT2D eigenvalue weighted by atomic mass is 10.1. The van der Waals surface area contributed by atoms with E-state index in [0.29, 0.717) is 5.56 Å². The van der Waals surface area contributed by atoms with Crippen molar-refractivity contribution in [1.82, 2.24) is 19.5 Å². The molecule has 0 spiro atoms. The van der Waals surface area contributed by atoms with E-state index in [4.69, 9.17) is 7.48 Å². The fraction of sp³-hybridized carbons (Fsp3) is 0.333. The second-order valence-corrected chi connectivity index (χ2v) is 6.04. The number of aliphatic hydroxyl groups excluding tert-OH is 1. The molecule has 4 rings (SSSR count). The molecule has 1 aliphatic rings. The van der Waals surface area contributed by atoms with E-state index >= 15 is 0 Å². The molecule has 0 aliphatic carbocycles. The molecule has 1 saturated heterocycles. The molecular formula is C18H18FN5O3. The fourth-order valence-electron chi connectivity index (χ4n) is 3.00. The van der Waals surface area contributed by atoms with Crippen LogP contribution in [-0.4, -0.2) is 48.9 Å². The lowest BCUT2D eigenvalue weighted by Crippen LogP contribution is -2.27. The van der Waals surface area contributed by atoms with Gasteiger partial charge in [-0.15, -0.1) is 0 Å². The SMILES string of the molecule is [2H]C([2H])(C)[C@H]1O[C@@H](n2cnc3c(NC(=O)c4ccccc4)ncnc32)[C@H](F)[C@@H]1O. The van der Waals surface area contributed by atoms with E-state index in [1.54, 1.807) is 30.3 Å². The number of nitrogens with one attached hydrogen (secondary N) is 1. The van der Waals surface area contributed by atoms with Gasteiger partial charge in [-0.2, -0.15) is 0 Å². The molecular weight excluding hydrogens is 353 g/mol. The summed E-state index contributed by atoms with van der Waals surface area (Å²) in [5.41, 5.74) is 0.823. The summed E-state index contributed by atoms with van der Waals surface area (Å²) in [7, 11) is 0. The quantitative estimate of drug-likeness (QED) is 0.726. The highest BCUT2D eigenvalue weighted by molar-refractivity contribution is 6.06. The van der Waals surface area contributed by atoms with Crippen LogP contribution >= 0.6 is 0 Å². The van der Waals surface area contributed by atoms with Gasteiger partial charge in [0.1, 0.15) is 12.4 Å². The van der Waals surface area contributed by atoms with Crippen LogP contribution in [0.25, 0.3) is 11.2 Å². The van der Waals surface area contributed by atoms with Crippen LogP contribution in [0.1, 0.15) is 32.6 Å². The Morgan fingerprint density at radius 3 is 2.85 bits per heavy atom. The predicted octanol–water partition coefficient (Wildman–Crippen LogP) is 2.09. The molecule has 3 aromatic rings. The average Bonchev–Trinajstić information content (AvgIpc) is 3.24. The van der Waals surface area contributed by atoms with Crippen molar-refractivity contribution in [3.63, 3.8) is 0 Å². The van der Waals surface area contributed by atoms with Crippen LogP contribution in [-0.2, 0) is 4.74 Å². The zero-order valence-electron chi connectivity index (χ0n) is 16.3. The number of ether oxygens (including phenoxy) is 1. The van der Waals surface area contributed by atoms with Gasteiger partial charge in [-0.05, 0) is 18.5 Å². The van der Waals surface area contributed by atoms with Crippen molar-refractivity contribution >= 4 is 22.9 Å². The number of halogens is 1. The summed E-state index contributed by atoms with van der Waals surface area (Å²) in [6.45, 7) is 1.21.